The lowest BCUT2D eigenvalue weighted by molar-refractivity contribution is 0.472. The molecule has 3 aromatic heterocycles. The predicted molar refractivity (Wildman–Crippen MR) is 141 cm³/mol. The number of rotatable bonds is 1. The van der Waals surface area contributed by atoms with E-state index >= 15 is 0 Å². The van der Waals surface area contributed by atoms with Crippen LogP contribution in [0.4, 0.5) is 0 Å². The predicted octanol–water partition coefficient (Wildman–Crippen LogP) is 7.00. The fourth-order valence-electron chi connectivity index (χ4n) is 5.19. The molecule has 0 amide bonds. The summed E-state index contributed by atoms with van der Waals surface area (Å²) in [4.78, 5) is 16.5. The lowest BCUT2D eigenvalue weighted by Gasteiger charge is -2.10. The first-order valence-electron chi connectivity index (χ1n) is 11.6. The van der Waals surface area contributed by atoms with E-state index in [0.717, 1.165) is 43.8 Å². The van der Waals surface area contributed by atoms with E-state index in [4.69, 9.17) is 0 Å². The lowest BCUT2D eigenvalue weighted by Crippen LogP contribution is -2.08. The number of aromatic hydroxyl groups is 1. The van der Waals surface area contributed by atoms with Crippen molar-refractivity contribution < 1.29 is 5.11 Å². The Kier molecular flexibility index (Phi) is 4.21. The van der Waals surface area contributed by atoms with Crippen LogP contribution in [0.15, 0.2) is 59.5 Å². The van der Waals surface area contributed by atoms with E-state index in [1.165, 1.54) is 22.3 Å². The minimum Gasteiger partial charge on any atom is -0.508 e. The molecule has 6 aromatic rings. The fourth-order valence-corrected chi connectivity index (χ4v) is 5.19. The first-order chi connectivity index (χ1) is 16.2. The molecule has 0 bridgehead atoms. The van der Waals surface area contributed by atoms with Crippen molar-refractivity contribution in [3.05, 3.63) is 92.9 Å². The summed E-state index contributed by atoms with van der Waals surface area (Å²) in [6, 6.07) is 16.7. The number of pyridine rings is 2. The Morgan fingerprint density at radius 3 is 2.21 bits per heavy atom. The maximum Gasteiger partial charge on any atom is 0.273 e. The number of aromatic nitrogens is 2. The van der Waals surface area contributed by atoms with Gasteiger partial charge in [0.2, 0.25) is 0 Å². The van der Waals surface area contributed by atoms with Gasteiger partial charge in [-0.25, -0.2) is 0 Å². The van der Waals surface area contributed by atoms with E-state index < -0.39 is 0 Å². The van der Waals surface area contributed by atoms with Gasteiger partial charge in [-0.2, -0.15) is 0 Å². The Bertz CT molecular complexity index is 1890. The highest BCUT2D eigenvalue weighted by Gasteiger charge is 2.22. The summed E-state index contributed by atoms with van der Waals surface area (Å²) >= 11 is 0. The molecule has 0 spiro atoms. The SMILES string of the molecule is Cc1ccc(-c2c3c4cc(C)c(O)cc4[nH]c(=O)c3n3ccc4cc(C)c(C)cc4c23)cc1C. The second-order valence-corrected chi connectivity index (χ2v) is 9.59. The number of fused-ring (bicyclic) bond motifs is 7. The van der Waals surface area contributed by atoms with Gasteiger partial charge in [-0.1, -0.05) is 24.3 Å². The van der Waals surface area contributed by atoms with Crippen LogP contribution in [-0.2, 0) is 0 Å². The number of aryl methyl sites for hydroxylation is 5. The lowest BCUT2D eigenvalue weighted by atomic mass is 9.94. The van der Waals surface area contributed by atoms with Gasteiger partial charge in [0.15, 0.2) is 0 Å². The van der Waals surface area contributed by atoms with Gasteiger partial charge in [-0.05, 0) is 91.6 Å². The maximum atomic E-state index is 13.5. The molecule has 2 N–H and O–H groups in total. The summed E-state index contributed by atoms with van der Waals surface area (Å²) in [5.41, 5.74) is 9.94. The van der Waals surface area contributed by atoms with Gasteiger partial charge < -0.3 is 14.5 Å². The zero-order valence-corrected chi connectivity index (χ0v) is 20.0. The fraction of sp³-hybridized carbons (Fsp3) is 0.167. The molecule has 4 heteroatoms. The number of benzene rings is 3. The third-order valence-corrected chi connectivity index (χ3v) is 7.39. The Labute approximate surface area is 197 Å². The molecule has 0 radical (unpaired) electrons. The van der Waals surface area contributed by atoms with Gasteiger partial charge >= 0.3 is 0 Å². The van der Waals surface area contributed by atoms with E-state index in [1.54, 1.807) is 6.07 Å². The van der Waals surface area contributed by atoms with E-state index in [-0.39, 0.29) is 11.3 Å². The molecular weight excluding hydrogens is 420 g/mol. The van der Waals surface area contributed by atoms with Crippen LogP contribution < -0.4 is 5.56 Å². The molecule has 4 nitrogen and oxygen atoms in total. The van der Waals surface area contributed by atoms with Gasteiger partial charge in [0.25, 0.3) is 5.56 Å². The average Bonchev–Trinajstić information content (AvgIpc) is 3.14. The number of hydrogen-bond donors (Lipinski definition) is 2. The Morgan fingerprint density at radius 1 is 0.735 bits per heavy atom. The van der Waals surface area contributed by atoms with Crippen LogP contribution in [0.1, 0.15) is 27.8 Å². The molecule has 0 aliphatic heterocycles. The van der Waals surface area contributed by atoms with Gasteiger partial charge in [0.1, 0.15) is 11.3 Å². The molecule has 0 saturated heterocycles. The van der Waals surface area contributed by atoms with Crippen molar-refractivity contribution in [2.24, 2.45) is 0 Å². The molecule has 3 aromatic carbocycles. The van der Waals surface area contributed by atoms with Gasteiger partial charge in [0, 0.05) is 34.0 Å². The second-order valence-electron chi connectivity index (χ2n) is 9.59. The number of aromatic amines is 1. The highest BCUT2D eigenvalue weighted by molar-refractivity contribution is 6.22. The number of hydrogen-bond acceptors (Lipinski definition) is 2. The minimum atomic E-state index is -0.168. The number of H-pyrrole nitrogens is 1. The van der Waals surface area contributed by atoms with Gasteiger partial charge in [-0.3, -0.25) is 4.79 Å². The normalized spacial score (nSPS) is 11.9. The third-order valence-electron chi connectivity index (χ3n) is 7.39. The summed E-state index contributed by atoms with van der Waals surface area (Å²) < 4.78 is 2.04. The first kappa shape index (κ1) is 20.5. The smallest absolute Gasteiger partial charge is 0.273 e. The van der Waals surface area contributed by atoms with Crippen LogP contribution in [0.25, 0.3) is 49.2 Å². The summed E-state index contributed by atoms with van der Waals surface area (Å²) in [6.45, 7) is 10.4. The monoisotopic (exact) mass is 446 g/mol. The highest BCUT2D eigenvalue weighted by Crippen LogP contribution is 2.42. The number of nitrogens with one attached hydrogen (secondary N) is 1. The Morgan fingerprint density at radius 2 is 1.44 bits per heavy atom. The molecule has 0 fully saturated rings. The second kappa shape index (κ2) is 6.97. The van der Waals surface area contributed by atoms with Crippen LogP contribution in [-0.4, -0.2) is 14.5 Å². The van der Waals surface area contributed by atoms with Crippen molar-refractivity contribution in [2.75, 3.05) is 0 Å². The van der Waals surface area contributed by atoms with Crippen molar-refractivity contribution in [2.45, 2.75) is 34.6 Å². The molecule has 0 aliphatic carbocycles. The summed E-state index contributed by atoms with van der Waals surface area (Å²) in [5.74, 6) is 0.176. The molecule has 0 saturated carbocycles. The van der Waals surface area contributed by atoms with E-state index in [1.807, 2.05) is 23.6 Å². The quantitative estimate of drug-likeness (QED) is 0.286. The van der Waals surface area contributed by atoms with E-state index in [2.05, 4.69) is 69.1 Å². The largest absolute Gasteiger partial charge is 0.508 e. The summed E-state index contributed by atoms with van der Waals surface area (Å²) in [7, 11) is 0. The highest BCUT2D eigenvalue weighted by atomic mass is 16.3. The minimum absolute atomic E-state index is 0.168. The van der Waals surface area contributed by atoms with Crippen LogP contribution >= 0.6 is 0 Å². The zero-order chi connectivity index (χ0) is 23.9. The van der Waals surface area contributed by atoms with Crippen molar-refractivity contribution in [3.63, 3.8) is 0 Å². The van der Waals surface area contributed by atoms with Crippen LogP contribution in [0, 0.1) is 34.6 Å². The van der Waals surface area contributed by atoms with Gasteiger partial charge in [0.05, 0.1) is 11.0 Å². The molecule has 34 heavy (non-hydrogen) atoms. The summed E-state index contributed by atoms with van der Waals surface area (Å²) in [6.07, 6.45) is 2.01. The maximum absolute atomic E-state index is 13.5. The van der Waals surface area contributed by atoms with Crippen molar-refractivity contribution in [1.29, 1.82) is 0 Å². The molecule has 168 valence electrons. The van der Waals surface area contributed by atoms with Crippen molar-refractivity contribution in [1.82, 2.24) is 9.38 Å². The first-order valence-corrected chi connectivity index (χ1v) is 11.6. The van der Waals surface area contributed by atoms with Crippen LogP contribution in [0.5, 0.6) is 5.75 Å². The van der Waals surface area contributed by atoms with Crippen LogP contribution in [0.3, 0.4) is 0 Å². The zero-order valence-electron chi connectivity index (χ0n) is 20.0. The topological polar surface area (TPSA) is 57.5 Å². The number of nitrogens with zero attached hydrogens (tertiary/aromatic N) is 1. The standard InChI is InChI=1S/C30H26N2O2/c1-15-6-7-21(11-16(15)2)26-27-23-13-19(5)25(33)14-24(23)31-30(34)29(27)32-9-8-20-10-17(3)18(4)12-22(20)28(26)32/h6-14,33H,1-5H3,(H,31,34). The third kappa shape index (κ3) is 2.75. The Hall–Kier alpha value is -4.05. The van der Waals surface area contributed by atoms with Crippen molar-refractivity contribution in [3.8, 4) is 16.9 Å². The molecule has 0 unspecified atom stereocenters. The van der Waals surface area contributed by atoms with Crippen LogP contribution in [0.2, 0.25) is 0 Å². The summed E-state index contributed by atoms with van der Waals surface area (Å²) in [5, 5.41) is 14.5. The number of phenols is 1. The molecule has 6 rings (SSSR count). The van der Waals surface area contributed by atoms with Gasteiger partial charge in [-0.15, -0.1) is 0 Å². The number of phenolic OH excluding ortho intramolecular Hbond substituents is 1. The molecule has 0 aliphatic rings. The van der Waals surface area contributed by atoms with E-state index in [9.17, 15) is 9.90 Å². The Balaban J connectivity index is 1.97. The van der Waals surface area contributed by atoms with E-state index in [0.29, 0.717) is 11.0 Å². The molecular formula is C30H26N2O2. The molecule has 3 heterocycles. The average molecular weight is 447 g/mol. The molecule has 0 atom stereocenters. The van der Waals surface area contributed by atoms with Crippen molar-refractivity contribution >= 4 is 38.1 Å².